The van der Waals surface area contributed by atoms with Gasteiger partial charge in [0.15, 0.2) is 17.3 Å². The number of rotatable bonds is 4. The molecule has 0 aromatic heterocycles. The van der Waals surface area contributed by atoms with E-state index in [9.17, 15) is 14.0 Å². The Morgan fingerprint density at radius 2 is 2.00 bits per heavy atom. The van der Waals surface area contributed by atoms with E-state index in [-0.39, 0.29) is 27.9 Å². The summed E-state index contributed by atoms with van der Waals surface area (Å²) in [5, 5.41) is 2.96. The van der Waals surface area contributed by atoms with Crippen molar-refractivity contribution in [3.8, 4) is 11.5 Å². The van der Waals surface area contributed by atoms with Crippen LogP contribution in [0.2, 0.25) is 10.0 Å². The molecule has 0 saturated heterocycles. The van der Waals surface area contributed by atoms with Crippen LogP contribution >= 0.6 is 23.2 Å². The minimum atomic E-state index is -0.674. The third-order valence-electron chi connectivity index (χ3n) is 3.51. The molecule has 3 rings (SSSR count). The molecule has 26 heavy (non-hydrogen) atoms. The van der Waals surface area contributed by atoms with Crippen molar-refractivity contribution in [2.75, 3.05) is 0 Å². The average Bonchev–Trinajstić information content (AvgIpc) is 2.58. The van der Waals surface area contributed by atoms with Gasteiger partial charge in [-0.3, -0.25) is 9.59 Å². The number of carbonyl (C=O) groups is 2. The molecule has 0 fully saturated rings. The number of benzene rings is 2. The average molecular weight is 392 g/mol. The highest BCUT2D eigenvalue weighted by Gasteiger charge is 2.18. The molecule has 132 valence electrons. The van der Waals surface area contributed by atoms with E-state index in [1.807, 2.05) is 0 Å². The maximum atomic E-state index is 14.0. The molecular weight excluding hydrogens is 380 g/mol. The Bertz CT molecular complexity index is 934. The van der Waals surface area contributed by atoms with Crippen LogP contribution in [0.15, 0.2) is 60.3 Å². The van der Waals surface area contributed by atoms with Gasteiger partial charge in [-0.1, -0.05) is 35.3 Å². The van der Waals surface area contributed by atoms with E-state index >= 15 is 0 Å². The molecule has 0 radical (unpaired) electrons. The first-order valence-corrected chi connectivity index (χ1v) is 8.33. The maximum Gasteiger partial charge on any atom is 0.259 e. The summed E-state index contributed by atoms with van der Waals surface area (Å²) in [6, 6.07) is 8.42. The summed E-state index contributed by atoms with van der Waals surface area (Å²) in [7, 11) is 0. The number of carbonyl (C=O) groups excluding carboxylic acids is 2. The summed E-state index contributed by atoms with van der Waals surface area (Å²) in [6.45, 7) is 0. The van der Waals surface area contributed by atoms with Crippen molar-refractivity contribution in [2.45, 2.75) is 6.42 Å². The lowest BCUT2D eigenvalue weighted by Gasteiger charge is -2.14. The van der Waals surface area contributed by atoms with E-state index in [1.165, 1.54) is 42.5 Å². The fraction of sp³-hybridized carbons (Fsp3) is 0.0526. The van der Waals surface area contributed by atoms with Gasteiger partial charge < -0.3 is 10.1 Å². The molecule has 2 aromatic rings. The molecule has 1 aliphatic rings. The van der Waals surface area contributed by atoms with E-state index in [2.05, 4.69) is 5.32 Å². The molecule has 0 unspecified atom stereocenters. The van der Waals surface area contributed by atoms with Crippen molar-refractivity contribution in [3.05, 3.63) is 81.7 Å². The standard InChI is InChI=1S/C19H12Cl2FNO3/c20-11-7-8-14(19(25)23-12-3-1-4-13(24)10-12)17(9-11)26-18-15(21)5-2-6-16(18)22/h1-3,5-10H,4H2,(H,23,25). The van der Waals surface area contributed by atoms with Crippen molar-refractivity contribution in [1.82, 2.24) is 5.32 Å². The first-order chi connectivity index (χ1) is 12.4. The largest absolute Gasteiger partial charge is 0.452 e. The number of ether oxygens (including phenoxy) is 1. The summed E-state index contributed by atoms with van der Waals surface area (Å²) in [4.78, 5) is 24.0. The number of para-hydroxylation sites is 1. The van der Waals surface area contributed by atoms with Gasteiger partial charge >= 0.3 is 0 Å². The quantitative estimate of drug-likeness (QED) is 0.791. The highest BCUT2D eigenvalue weighted by atomic mass is 35.5. The van der Waals surface area contributed by atoms with Gasteiger partial charge in [0.05, 0.1) is 10.6 Å². The topological polar surface area (TPSA) is 55.4 Å². The van der Waals surface area contributed by atoms with Crippen molar-refractivity contribution < 1.29 is 18.7 Å². The second-order valence-electron chi connectivity index (χ2n) is 5.42. The Kier molecular flexibility index (Phi) is 5.40. The molecule has 1 amide bonds. The minimum Gasteiger partial charge on any atom is -0.452 e. The minimum absolute atomic E-state index is 0.0358. The maximum absolute atomic E-state index is 14.0. The third-order valence-corrected chi connectivity index (χ3v) is 4.04. The molecule has 2 aromatic carbocycles. The molecule has 1 aliphatic carbocycles. The normalized spacial score (nSPS) is 13.3. The van der Waals surface area contributed by atoms with E-state index in [4.69, 9.17) is 27.9 Å². The van der Waals surface area contributed by atoms with Crippen LogP contribution < -0.4 is 10.1 Å². The summed E-state index contributed by atoms with van der Waals surface area (Å²) in [5.74, 6) is -1.50. The third kappa shape index (κ3) is 4.12. The molecule has 0 saturated carbocycles. The van der Waals surface area contributed by atoms with Gasteiger partial charge in [-0.15, -0.1) is 0 Å². The predicted octanol–water partition coefficient (Wildman–Crippen LogP) is 5.07. The van der Waals surface area contributed by atoms with Gasteiger partial charge in [0, 0.05) is 29.3 Å². The van der Waals surface area contributed by atoms with Crippen molar-refractivity contribution in [3.63, 3.8) is 0 Å². The van der Waals surface area contributed by atoms with Crippen LogP contribution in [-0.2, 0) is 4.79 Å². The van der Waals surface area contributed by atoms with Crippen LogP contribution in [0.1, 0.15) is 16.8 Å². The van der Waals surface area contributed by atoms with Crippen LogP contribution in [0.3, 0.4) is 0 Å². The molecule has 0 aliphatic heterocycles. The fourth-order valence-corrected chi connectivity index (χ4v) is 2.68. The second kappa shape index (κ2) is 7.72. The van der Waals surface area contributed by atoms with Crippen molar-refractivity contribution in [2.24, 2.45) is 0 Å². The number of ketones is 1. The van der Waals surface area contributed by atoms with Crippen LogP contribution in [0.25, 0.3) is 0 Å². The van der Waals surface area contributed by atoms with Gasteiger partial charge in [0.2, 0.25) is 0 Å². The highest BCUT2D eigenvalue weighted by molar-refractivity contribution is 6.32. The number of amides is 1. The molecular formula is C19H12Cl2FNO3. The van der Waals surface area contributed by atoms with Crippen LogP contribution in [0, 0.1) is 5.82 Å². The molecule has 0 atom stereocenters. The SMILES string of the molecule is O=C1C=C(NC(=O)c2ccc(Cl)cc2Oc2c(F)cccc2Cl)C=CC1. The summed E-state index contributed by atoms with van der Waals surface area (Å²) >= 11 is 11.9. The first kappa shape index (κ1) is 18.2. The second-order valence-corrected chi connectivity index (χ2v) is 6.26. The van der Waals surface area contributed by atoms with Crippen LogP contribution in [0.4, 0.5) is 4.39 Å². The van der Waals surface area contributed by atoms with E-state index in [1.54, 1.807) is 12.2 Å². The smallest absolute Gasteiger partial charge is 0.259 e. The zero-order valence-corrected chi connectivity index (χ0v) is 14.8. The first-order valence-electron chi connectivity index (χ1n) is 7.58. The Morgan fingerprint density at radius 1 is 1.19 bits per heavy atom. The van der Waals surface area contributed by atoms with Crippen molar-refractivity contribution in [1.29, 1.82) is 0 Å². The molecule has 0 heterocycles. The van der Waals surface area contributed by atoms with E-state index in [0.717, 1.165) is 0 Å². The van der Waals surface area contributed by atoms with Gasteiger partial charge in [-0.2, -0.15) is 0 Å². The lowest BCUT2D eigenvalue weighted by Crippen LogP contribution is -2.24. The number of halogens is 3. The molecule has 4 nitrogen and oxygen atoms in total. The monoisotopic (exact) mass is 391 g/mol. The zero-order chi connectivity index (χ0) is 18.7. The predicted molar refractivity (Wildman–Crippen MR) is 97.2 cm³/mol. The summed E-state index contributed by atoms with van der Waals surface area (Å²) in [5.41, 5.74) is 0.470. The molecule has 0 bridgehead atoms. The Hall–Kier alpha value is -2.63. The van der Waals surface area contributed by atoms with E-state index in [0.29, 0.717) is 17.1 Å². The lowest BCUT2D eigenvalue weighted by atomic mass is 10.1. The number of hydrogen-bond donors (Lipinski definition) is 1. The lowest BCUT2D eigenvalue weighted by molar-refractivity contribution is -0.113. The van der Waals surface area contributed by atoms with Gasteiger partial charge in [-0.05, 0) is 30.3 Å². The molecule has 1 N–H and O–H groups in total. The molecule has 7 heteroatoms. The van der Waals surface area contributed by atoms with E-state index < -0.39 is 11.7 Å². The number of allylic oxidation sites excluding steroid dienone is 3. The van der Waals surface area contributed by atoms with Crippen LogP contribution in [-0.4, -0.2) is 11.7 Å². The van der Waals surface area contributed by atoms with Gasteiger partial charge in [0.25, 0.3) is 5.91 Å². The number of hydrogen-bond acceptors (Lipinski definition) is 3. The Morgan fingerprint density at radius 3 is 2.73 bits per heavy atom. The zero-order valence-electron chi connectivity index (χ0n) is 13.3. The number of nitrogens with one attached hydrogen (secondary N) is 1. The Labute approximate surface area is 158 Å². The summed E-state index contributed by atoms with van der Waals surface area (Å²) < 4.78 is 19.5. The molecule has 0 spiro atoms. The van der Waals surface area contributed by atoms with Crippen LogP contribution in [0.5, 0.6) is 11.5 Å². The highest BCUT2D eigenvalue weighted by Crippen LogP contribution is 2.34. The Balaban J connectivity index is 1.92. The van der Waals surface area contributed by atoms with Crippen molar-refractivity contribution >= 4 is 34.9 Å². The van der Waals surface area contributed by atoms with Gasteiger partial charge in [0.1, 0.15) is 5.75 Å². The summed E-state index contributed by atoms with van der Waals surface area (Å²) in [6.07, 6.45) is 4.91. The fourth-order valence-electron chi connectivity index (χ4n) is 2.32. The van der Waals surface area contributed by atoms with Gasteiger partial charge in [-0.25, -0.2) is 4.39 Å².